The Labute approximate surface area is 213 Å². The number of rotatable bonds is 7. The van der Waals surface area contributed by atoms with E-state index in [1.807, 2.05) is 27.2 Å². The van der Waals surface area contributed by atoms with E-state index in [9.17, 15) is 0 Å². The van der Waals surface area contributed by atoms with Gasteiger partial charge in [-0.25, -0.2) is 9.37 Å². The molecule has 12 heteroatoms. The van der Waals surface area contributed by atoms with Crippen LogP contribution in [0.1, 0.15) is 32.6 Å². The first-order chi connectivity index (χ1) is 17.9. The molecule has 0 atom stereocenters. The van der Waals surface area contributed by atoms with Crippen molar-refractivity contribution in [3.8, 4) is 34.0 Å². The van der Waals surface area contributed by atoms with Gasteiger partial charge in [0.05, 0.1) is 17.9 Å². The minimum absolute atomic E-state index is 0.125. The Morgan fingerprint density at radius 3 is 2.57 bits per heavy atom. The second-order valence-corrected chi connectivity index (χ2v) is 9.38. The van der Waals surface area contributed by atoms with Crippen LogP contribution in [-0.4, -0.2) is 66.1 Å². The molecule has 0 aliphatic heterocycles. The van der Waals surface area contributed by atoms with Gasteiger partial charge in [0.2, 0.25) is 5.82 Å². The minimum Gasteiger partial charge on any atom is -0.487 e. The minimum atomic E-state index is -1.11. The first-order valence-corrected chi connectivity index (χ1v) is 12.2. The fourth-order valence-electron chi connectivity index (χ4n) is 4.65. The number of nitrogen functional groups attached to an aromatic ring is 1. The van der Waals surface area contributed by atoms with Crippen LogP contribution in [0.2, 0.25) is 0 Å². The molecule has 0 unspecified atom stereocenters. The SMILES string of the molecule is CCn1cc(-c2cnc(N)c(-c3nnnn3-c3ccc(OC4CCC(N(C)C)CC4)c(F)c3F)c2)cn1. The molecule has 3 heterocycles. The lowest BCUT2D eigenvalue weighted by atomic mass is 9.92. The number of aromatic nitrogens is 7. The molecule has 0 amide bonds. The maximum Gasteiger partial charge on any atom is 0.202 e. The first kappa shape index (κ1) is 24.8. The number of hydrogen-bond donors (Lipinski definition) is 1. The molecule has 1 fully saturated rings. The third kappa shape index (κ3) is 4.88. The molecule has 1 aromatic carbocycles. The van der Waals surface area contributed by atoms with E-state index >= 15 is 8.78 Å². The molecule has 1 saturated carbocycles. The lowest BCUT2D eigenvalue weighted by Crippen LogP contribution is -2.35. The number of ether oxygens (including phenoxy) is 1. The van der Waals surface area contributed by atoms with E-state index in [4.69, 9.17) is 10.5 Å². The van der Waals surface area contributed by atoms with Crippen molar-refractivity contribution in [2.75, 3.05) is 19.8 Å². The molecule has 0 spiro atoms. The highest BCUT2D eigenvalue weighted by Crippen LogP contribution is 2.33. The summed E-state index contributed by atoms with van der Waals surface area (Å²) in [7, 11) is 4.10. The molecule has 1 aliphatic rings. The van der Waals surface area contributed by atoms with Crippen molar-refractivity contribution in [3.63, 3.8) is 0 Å². The van der Waals surface area contributed by atoms with Gasteiger partial charge < -0.3 is 15.4 Å². The quantitative estimate of drug-likeness (QED) is 0.401. The Morgan fingerprint density at radius 2 is 1.86 bits per heavy atom. The largest absolute Gasteiger partial charge is 0.487 e. The Balaban J connectivity index is 1.42. The van der Waals surface area contributed by atoms with Crippen LogP contribution >= 0.6 is 0 Å². The maximum atomic E-state index is 15.3. The number of tetrazole rings is 1. The van der Waals surface area contributed by atoms with Gasteiger partial charge in [0.1, 0.15) is 11.5 Å². The fraction of sp³-hybridized carbons (Fsp3) is 0.400. The molecule has 194 valence electrons. The molecule has 2 N–H and O–H groups in total. The van der Waals surface area contributed by atoms with Crippen LogP contribution in [0.3, 0.4) is 0 Å². The van der Waals surface area contributed by atoms with Gasteiger partial charge in [-0.15, -0.1) is 5.10 Å². The number of halogens is 2. The molecule has 0 bridgehead atoms. The molecule has 3 aromatic heterocycles. The summed E-state index contributed by atoms with van der Waals surface area (Å²) in [4.78, 5) is 6.44. The van der Waals surface area contributed by atoms with Crippen LogP contribution in [0.5, 0.6) is 5.75 Å². The van der Waals surface area contributed by atoms with Gasteiger partial charge in [0.25, 0.3) is 0 Å². The lowest BCUT2D eigenvalue weighted by molar-refractivity contribution is 0.107. The molecule has 5 rings (SSSR count). The molecule has 0 radical (unpaired) electrons. The summed E-state index contributed by atoms with van der Waals surface area (Å²) in [6, 6.07) is 5.04. The standard InChI is InChI=1S/C25H29F2N9O/c1-4-35-14-16(13-30-35)15-11-19(24(28)29-12-15)25-31-32-33-36(25)20-9-10-21(23(27)22(20)26)37-18-7-5-17(6-8-18)34(2)3/h9-14,17-18H,4-8H2,1-3H3,(H2,28,29). The summed E-state index contributed by atoms with van der Waals surface area (Å²) in [5.74, 6) is -2.04. The van der Waals surface area contributed by atoms with Crippen molar-refractivity contribution < 1.29 is 13.5 Å². The van der Waals surface area contributed by atoms with Gasteiger partial charge in [0.15, 0.2) is 17.4 Å². The van der Waals surface area contributed by atoms with Crippen molar-refractivity contribution in [1.29, 1.82) is 0 Å². The van der Waals surface area contributed by atoms with E-state index < -0.39 is 11.6 Å². The maximum absolute atomic E-state index is 15.3. The summed E-state index contributed by atoms with van der Waals surface area (Å²) < 4.78 is 39.1. The molecule has 37 heavy (non-hydrogen) atoms. The third-order valence-corrected chi connectivity index (χ3v) is 6.84. The smallest absolute Gasteiger partial charge is 0.202 e. The topological polar surface area (TPSA) is 113 Å². The van der Waals surface area contributed by atoms with Crippen molar-refractivity contribution >= 4 is 5.82 Å². The Morgan fingerprint density at radius 1 is 1.08 bits per heavy atom. The highest BCUT2D eigenvalue weighted by molar-refractivity contribution is 5.76. The number of nitrogens with zero attached hydrogens (tertiary/aromatic N) is 8. The van der Waals surface area contributed by atoms with E-state index in [1.165, 1.54) is 12.1 Å². The summed E-state index contributed by atoms with van der Waals surface area (Å²) >= 11 is 0. The zero-order valence-electron chi connectivity index (χ0n) is 21.0. The number of pyridine rings is 1. The average Bonchev–Trinajstić information content (AvgIpc) is 3.58. The van der Waals surface area contributed by atoms with E-state index in [0.717, 1.165) is 48.0 Å². The van der Waals surface area contributed by atoms with Crippen LogP contribution < -0.4 is 10.5 Å². The predicted molar refractivity (Wildman–Crippen MR) is 134 cm³/mol. The second-order valence-electron chi connectivity index (χ2n) is 9.38. The van der Waals surface area contributed by atoms with Crippen molar-refractivity contribution in [2.45, 2.75) is 51.3 Å². The van der Waals surface area contributed by atoms with Gasteiger partial charge in [-0.1, -0.05) is 0 Å². The summed E-state index contributed by atoms with van der Waals surface area (Å²) in [5, 5.41) is 15.9. The molecule has 0 saturated heterocycles. The fourth-order valence-corrected chi connectivity index (χ4v) is 4.65. The lowest BCUT2D eigenvalue weighted by Gasteiger charge is -2.32. The second kappa shape index (κ2) is 10.2. The van der Waals surface area contributed by atoms with E-state index in [1.54, 1.807) is 23.1 Å². The van der Waals surface area contributed by atoms with Crippen LogP contribution in [-0.2, 0) is 6.54 Å². The highest BCUT2D eigenvalue weighted by atomic mass is 19.2. The van der Waals surface area contributed by atoms with Gasteiger partial charge >= 0.3 is 0 Å². The third-order valence-electron chi connectivity index (χ3n) is 6.84. The van der Waals surface area contributed by atoms with E-state index in [-0.39, 0.29) is 29.2 Å². The van der Waals surface area contributed by atoms with Gasteiger partial charge in [0, 0.05) is 36.1 Å². The first-order valence-electron chi connectivity index (χ1n) is 12.2. The van der Waals surface area contributed by atoms with E-state index in [0.29, 0.717) is 11.6 Å². The van der Waals surface area contributed by atoms with Crippen molar-refractivity contribution in [1.82, 2.24) is 39.9 Å². The van der Waals surface area contributed by atoms with Crippen molar-refractivity contribution in [2.24, 2.45) is 0 Å². The van der Waals surface area contributed by atoms with Gasteiger partial charge in [-0.05, 0) is 75.3 Å². The van der Waals surface area contributed by atoms with Gasteiger partial charge in [-0.3, -0.25) is 4.68 Å². The Hall–Kier alpha value is -3.93. The van der Waals surface area contributed by atoms with Crippen LogP contribution in [0.25, 0.3) is 28.2 Å². The number of anilines is 1. The Bertz CT molecular complexity index is 1390. The number of aryl methyl sites for hydroxylation is 1. The molecule has 10 nitrogen and oxygen atoms in total. The molecule has 1 aliphatic carbocycles. The molecular weight excluding hydrogens is 480 g/mol. The summed E-state index contributed by atoms with van der Waals surface area (Å²) in [6.45, 7) is 2.70. The monoisotopic (exact) mass is 509 g/mol. The van der Waals surface area contributed by atoms with E-state index in [2.05, 4.69) is 30.5 Å². The van der Waals surface area contributed by atoms with Crippen LogP contribution in [0.15, 0.2) is 36.8 Å². The molecule has 4 aromatic rings. The highest BCUT2D eigenvalue weighted by Gasteiger charge is 2.27. The zero-order chi connectivity index (χ0) is 26.1. The predicted octanol–water partition coefficient (Wildman–Crippen LogP) is 3.72. The average molecular weight is 510 g/mol. The number of hydrogen-bond acceptors (Lipinski definition) is 8. The number of benzene rings is 1. The van der Waals surface area contributed by atoms with Gasteiger partial charge in [-0.2, -0.15) is 14.2 Å². The van der Waals surface area contributed by atoms with Crippen LogP contribution in [0, 0.1) is 11.6 Å². The molecular formula is C25H29F2N9O. The van der Waals surface area contributed by atoms with Crippen molar-refractivity contribution in [3.05, 3.63) is 48.4 Å². The van der Waals surface area contributed by atoms with Crippen LogP contribution in [0.4, 0.5) is 14.6 Å². The summed E-state index contributed by atoms with van der Waals surface area (Å²) in [6.07, 6.45) is 8.49. The zero-order valence-corrected chi connectivity index (χ0v) is 21.0. The Kier molecular flexibility index (Phi) is 6.83. The number of nitrogens with two attached hydrogens (primary N) is 1. The normalized spacial score (nSPS) is 17.9. The summed E-state index contributed by atoms with van der Waals surface area (Å²) in [5.41, 5.74) is 7.91.